The Morgan fingerprint density at radius 3 is 2.83 bits per heavy atom. The van der Waals surface area contributed by atoms with E-state index in [4.69, 9.17) is 5.11 Å². The second-order valence-electron chi connectivity index (χ2n) is 3.92. The number of nitrogens with zero attached hydrogens (tertiary/aromatic N) is 1. The zero-order valence-corrected chi connectivity index (χ0v) is 11.3. The number of nitrogens with one attached hydrogen (secondary N) is 1. The molecule has 1 unspecified atom stereocenters. The topological polar surface area (TPSA) is 92.5 Å². The predicted octanol–water partition coefficient (Wildman–Crippen LogP) is 1.72. The molecule has 0 aliphatic heterocycles. The Hall–Kier alpha value is -1.47. The SMILES string of the molecule is CC(CO)CNC(=O)c1cc([N+](=O)[O-])ccc1Br. The number of nitro benzene ring substituents is 1. The van der Waals surface area contributed by atoms with Crippen molar-refractivity contribution >= 4 is 27.5 Å². The molecule has 0 aromatic heterocycles. The van der Waals surface area contributed by atoms with E-state index >= 15 is 0 Å². The van der Waals surface area contributed by atoms with Crippen LogP contribution in [-0.2, 0) is 0 Å². The molecule has 1 aromatic carbocycles. The van der Waals surface area contributed by atoms with Gasteiger partial charge in [-0.15, -0.1) is 0 Å². The maximum atomic E-state index is 11.8. The van der Waals surface area contributed by atoms with Crippen molar-refractivity contribution in [3.8, 4) is 0 Å². The van der Waals surface area contributed by atoms with E-state index in [0.29, 0.717) is 11.0 Å². The first-order valence-corrected chi connectivity index (χ1v) is 6.08. The molecule has 7 heteroatoms. The van der Waals surface area contributed by atoms with Crippen molar-refractivity contribution in [1.29, 1.82) is 0 Å². The molecule has 0 aliphatic carbocycles. The maximum Gasteiger partial charge on any atom is 0.270 e. The molecule has 1 atom stereocenters. The van der Waals surface area contributed by atoms with Gasteiger partial charge in [0.15, 0.2) is 0 Å². The number of benzene rings is 1. The van der Waals surface area contributed by atoms with Crippen molar-refractivity contribution < 1.29 is 14.8 Å². The molecule has 1 amide bonds. The lowest BCUT2D eigenvalue weighted by Gasteiger charge is -2.10. The molecule has 6 nitrogen and oxygen atoms in total. The summed E-state index contributed by atoms with van der Waals surface area (Å²) >= 11 is 3.17. The highest BCUT2D eigenvalue weighted by molar-refractivity contribution is 9.10. The molecular weight excluding hydrogens is 304 g/mol. The largest absolute Gasteiger partial charge is 0.396 e. The zero-order chi connectivity index (χ0) is 13.7. The average molecular weight is 317 g/mol. The van der Waals surface area contributed by atoms with Crippen molar-refractivity contribution in [1.82, 2.24) is 5.32 Å². The van der Waals surface area contributed by atoms with Crippen molar-refractivity contribution in [2.45, 2.75) is 6.92 Å². The molecule has 98 valence electrons. The van der Waals surface area contributed by atoms with Gasteiger partial charge in [-0.25, -0.2) is 0 Å². The van der Waals surface area contributed by atoms with Gasteiger partial charge in [-0.1, -0.05) is 6.92 Å². The Kier molecular flexibility index (Phi) is 5.24. The van der Waals surface area contributed by atoms with Crippen LogP contribution in [0.3, 0.4) is 0 Å². The molecule has 2 N–H and O–H groups in total. The van der Waals surface area contributed by atoms with E-state index in [1.165, 1.54) is 18.2 Å². The van der Waals surface area contributed by atoms with Crippen LogP contribution in [0.2, 0.25) is 0 Å². The van der Waals surface area contributed by atoms with Gasteiger partial charge in [0.25, 0.3) is 11.6 Å². The quantitative estimate of drug-likeness (QED) is 0.639. The highest BCUT2D eigenvalue weighted by Crippen LogP contribution is 2.22. The first-order valence-electron chi connectivity index (χ1n) is 5.28. The van der Waals surface area contributed by atoms with E-state index in [1.807, 2.05) is 0 Å². The fourth-order valence-electron chi connectivity index (χ4n) is 1.23. The monoisotopic (exact) mass is 316 g/mol. The number of amides is 1. The first-order chi connectivity index (χ1) is 8.45. The molecule has 1 rings (SSSR count). The fraction of sp³-hybridized carbons (Fsp3) is 0.364. The Bertz CT molecular complexity index is 464. The number of aliphatic hydroxyl groups is 1. The fourth-order valence-corrected chi connectivity index (χ4v) is 1.65. The molecule has 1 aromatic rings. The summed E-state index contributed by atoms with van der Waals surface area (Å²) in [5.41, 5.74) is 0.0629. The third-order valence-electron chi connectivity index (χ3n) is 2.33. The molecule has 0 fully saturated rings. The molecule has 0 radical (unpaired) electrons. The van der Waals surface area contributed by atoms with Gasteiger partial charge in [0, 0.05) is 29.8 Å². The lowest BCUT2D eigenvalue weighted by atomic mass is 10.1. The van der Waals surface area contributed by atoms with Crippen LogP contribution in [0.1, 0.15) is 17.3 Å². The van der Waals surface area contributed by atoms with Crippen LogP contribution in [0.15, 0.2) is 22.7 Å². The third-order valence-corrected chi connectivity index (χ3v) is 3.02. The van der Waals surface area contributed by atoms with Crippen LogP contribution < -0.4 is 5.32 Å². The van der Waals surface area contributed by atoms with Gasteiger partial charge in [-0.3, -0.25) is 14.9 Å². The average Bonchev–Trinajstić information content (AvgIpc) is 2.35. The maximum absolute atomic E-state index is 11.8. The summed E-state index contributed by atoms with van der Waals surface area (Å²) in [6.45, 7) is 2.06. The number of hydrogen-bond donors (Lipinski definition) is 2. The molecule has 0 bridgehead atoms. The Morgan fingerprint density at radius 2 is 2.28 bits per heavy atom. The molecule has 0 heterocycles. The molecule has 0 saturated heterocycles. The van der Waals surface area contributed by atoms with Gasteiger partial charge in [0.1, 0.15) is 0 Å². The zero-order valence-electron chi connectivity index (χ0n) is 9.72. The molecule has 0 spiro atoms. The van der Waals surface area contributed by atoms with Gasteiger partial charge < -0.3 is 10.4 Å². The summed E-state index contributed by atoms with van der Waals surface area (Å²) in [4.78, 5) is 21.9. The Labute approximate surface area is 112 Å². The minimum atomic E-state index is -0.556. The van der Waals surface area contributed by atoms with Crippen LogP contribution in [-0.4, -0.2) is 29.1 Å². The molecular formula is C11H13BrN2O4. The van der Waals surface area contributed by atoms with Crippen molar-refractivity contribution in [3.63, 3.8) is 0 Å². The number of halogens is 1. The number of nitro groups is 1. The minimum Gasteiger partial charge on any atom is -0.396 e. The summed E-state index contributed by atoms with van der Waals surface area (Å²) in [6.07, 6.45) is 0. The van der Waals surface area contributed by atoms with Crippen LogP contribution in [0.25, 0.3) is 0 Å². The predicted molar refractivity (Wildman–Crippen MR) is 69.4 cm³/mol. The van der Waals surface area contributed by atoms with E-state index in [2.05, 4.69) is 21.2 Å². The van der Waals surface area contributed by atoms with E-state index < -0.39 is 10.8 Å². The third kappa shape index (κ3) is 3.78. The van der Waals surface area contributed by atoms with Crippen molar-refractivity contribution in [2.75, 3.05) is 13.2 Å². The number of aliphatic hydroxyl groups excluding tert-OH is 1. The second-order valence-corrected chi connectivity index (χ2v) is 4.77. The summed E-state index contributed by atoms with van der Waals surface area (Å²) in [6, 6.07) is 3.99. The summed E-state index contributed by atoms with van der Waals surface area (Å²) < 4.78 is 0.488. The minimum absolute atomic E-state index is 0.0314. The van der Waals surface area contributed by atoms with Crippen molar-refractivity contribution in [3.05, 3.63) is 38.3 Å². The normalized spacial score (nSPS) is 11.9. The van der Waals surface area contributed by atoms with Gasteiger partial charge in [0.2, 0.25) is 0 Å². The Morgan fingerprint density at radius 1 is 1.61 bits per heavy atom. The van der Waals surface area contributed by atoms with Crippen LogP contribution in [0.4, 0.5) is 5.69 Å². The van der Waals surface area contributed by atoms with E-state index in [9.17, 15) is 14.9 Å². The van der Waals surface area contributed by atoms with E-state index in [-0.39, 0.29) is 23.8 Å². The lowest BCUT2D eigenvalue weighted by molar-refractivity contribution is -0.384. The summed E-state index contributed by atoms with van der Waals surface area (Å²) in [5, 5.41) is 22.1. The number of non-ortho nitro benzene ring substituents is 1. The highest BCUT2D eigenvalue weighted by atomic mass is 79.9. The first kappa shape index (κ1) is 14.6. The molecule has 0 saturated carbocycles. The summed E-state index contributed by atoms with van der Waals surface area (Å²) in [5.74, 6) is -0.475. The molecule has 0 aliphatic rings. The van der Waals surface area contributed by atoms with Crippen molar-refractivity contribution in [2.24, 2.45) is 5.92 Å². The van der Waals surface area contributed by atoms with Crippen LogP contribution in [0.5, 0.6) is 0 Å². The Balaban J connectivity index is 2.84. The lowest BCUT2D eigenvalue weighted by Crippen LogP contribution is -2.29. The smallest absolute Gasteiger partial charge is 0.270 e. The number of hydrogen-bond acceptors (Lipinski definition) is 4. The van der Waals surface area contributed by atoms with Gasteiger partial charge in [-0.05, 0) is 27.9 Å². The standard InChI is InChI=1S/C11H13BrN2O4/c1-7(6-15)5-13-11(16)9-4-8(14(17)18)2-3-10(9)12/h2-4,7,15H,5-6H2,1H3,(H,13,16). The summed E-state index contributed by atoms with van der Waals surface area (Å²) in [7, 11) is 0. The number of carbonyl (C=O) groups is 1. The van der Waals surface area contributed by atoms with Gasteiger partial charge in [-0.2, -0.15) is 0 Å². The van der Waals surface area contributed by atoms with E-state index in [1.54, 1.807) is 6.92 Å². The molecule has 18 heavy (non-hydrogen) atoms. The van der Waals surface area contributed by atoms with Crippen LogP contribution in [0, 0.1) is 16.0 Å². The van der Waals surface area contributed by atoms with Gasteiger partial charge >= 0.3 is 0 Å². The number of rotatable bonds is 5. The van der Waals surface area contributed by atoms with E-state index in [0.717, 1.165) is 0 Å². The van der Waals surface area contributed by atoms with Crippen LogP contribution >= 0.6 is 15.9 Å². The second kappa shape index (κ2) is 6.46. The highest BCUT2D eigenvalue weighted by Gasteiger charge is 2.15. The van der Waals surface area contributed by atoms with Gasteiger partial charge in [0.05, 0.1) is 10.5 Å². The number of carbonyl (C=O) groups excluding carboxylic acids is 1.